The molecule has 21 heavy (non-hydrogen) atoms. The predicted molar refractivity (Wildman–Crippen MR) is 80.7 cm³/mol. The van der Waals surface area contributed by atoms with Crippen LogP contribution in [0.25, 0.3) is 0 Å². The Morgan fingerprint density at radius 3 is 2.71 bits per heavy atom. The first-order chi connectivity index (χ1) is 9.84. The van der Waals surface area contributed by atoms with Crippen molar-refractivity contribution in [2.45, 2.75) is 46.5 Å². The number of pyridine rings is 1. The number of ketones is 1. The quantitative estimate of drug-likeness (QED) is 0.833. The maximum Gasteiger partial charge on any atom is 0.261 e. The van der Waals surface area contributed by atoms with Crippen molar-refractivity contribution in [1.29, 1.82) is 0 Å². The van der Waals surface area contributed by atoms with Crippen molar-refractivity contribution in [2.75, 3.05) is 6.54 Å². The molecule has 1 aliphatic rings. The number of hydrogen-bond acceptors (Lipinski definition) is 3. The molecule has 5 heteroatoms. The van der Waals surface area contributed by atoms with E-state index in [1.54, 1.807) is 0 Å². The fourth-order valence-electron chi connectivity index (χ4n) is 2.67. The summed E-state index contributed by atoms with van der Waals surface area (Å²) in [7, 11) is 0. The number of rotatable bonds is 4. The Labute approximate surface area is 124 Å². The lowest BCUT2D eigenvalue weighted by Crippen LogP contribution is -2.35. The Morgan fingerprint density at radius 1 is 1.33 bits per heavy atom. The van der Waals surface area contributed by atoms with Gasteiger partial charge in [-0.3, -0.25) is 14.4 Å². The molecule has 2 N–H and O–H groups in total. The highest BCUT2D eigenvalue weighted by Crippen LogP contribution is 2.33. The summed E-state index contributed by atoms with van der Waals surface area (Å²) in [6.07, 6.45) is 2.90. The SMILES string of the molecule is CCCCNC(=O)c1cc2c([nH]c1=O)CC(C)(C)CC2=O. The van der Waals surface area contributed by atoms with Crippen molar-refractivity contribution < 1.29 is 9.59 Å². The molecule has 1 aromatic rings. The van der Waals surface area contributed by atoms with E-state index in [0.29, 0.717) is 30.6 Å². The molecular formula is C16H22N2O3. The van der Waals surface area contributed by atoms with Gasteiger partial charge in [-0.05, 0) is 24.3 Å². The van der Waals surface area contributed by atoms with Crippen LogP contribution >= 0.6 is 0 Å². The van der Waals surface area contributed by atoms with E-state index < -0.39 is 11.5 Å². The maximum absolute atomic E-state index is 12.2. The van der Waals surface area contributed by atoms with Gasteiger partial charge >= 0.3 is 0 Å². The first-order valence-electron chi connectivity index (χ1n) is 7.41. The molecule has 0 unspecified atom stereocenters. The lowest BCUT2D eigenvalue weighted by molar-refractivity contribution is 0.0910. The zero-order valence-electron chi connectivity index (χ0n) is 12.8. The topological polar surface area (TPSA) is 79.0 Å². The molecule has 0 spiro atoms. The van der Waals surface area contributed by atoms with Gasteiger partial charge in [0, 0.05) is 24.2 Å². The molecule has 1 amide bonds. The van der Waals surface area contributed by atoms with Gasteiger partial charge in [-0.2, -0.15) is 0 Å². The third kappa shape index (κ3) is 3.40. The number of aromatic amines is 1. The first-order valence-corrected chi connectivity index (χ1v) is 7.41. The van der Waals surface area contributed by atoms with Crippen LogP contribution in [0.15, 0.2) is 10.9 Å². The van der Waals surface area contributed by atoms with Gasteiger partial charge in [0.15, 0.2) is 5.78 Å². The van der Waals surface area contributed by atoms with Gasteiger partial charge in [0.2, 0.25) is 0 Å². The van der Waals surface area contributed by atoms with E-state index in [4.69, 9.17) is 0 Å². The van der Waals surface area contributed by atoms with Crippen molar-refractivity contribution in [3.05, 3.63) is 33.2 Å². The number of aromatic nitrogens is 1. The largest absolute Gasteiger partial charge is 0.352 e. The number of amides is 1. The molecule has 2 rings (SSSR count). The molecule has 0 radical (unpaired) electrons. The molecular weight excluding hydrogens is 268 g/mol. The van der Waals surface area contributed by atoms with Crippen LogP contribution in [0.2, 0.25) is 0 Å². The summed E-state index contributed by atoms with van der Waals surface area (Å²) in [5.74, 6) is -0.426. The summed E-state index contributed by atoms with van der Waals surface area (Å²) in [5.41, 5.74) is 0.574. The highest BCUT2D eigenvalue weighted by Gasteiger charge is 2.32. The molecule has 1 heterocycles. The molecule has 0 bridgehead atoms. The molecule has 0 saturated carbocycles. The van der Waals surface area contributed by atoms with E-state index in [-0.39, 0.29) is 16.8 Å². The maximum atomic E-state index is 12.2. The third-order valence-corrected chi connectivity index (χ3v) is 3.78. The monoisotopic (exact) mass is 290 g/mol. The van der Waals surface area contributed by atoms with Crippen LogP contribution < -0.4 is 10.9 Å². The minimum absolute atomic E-state index is 0.0138. The van der Waals surface area contributed by atoms with Gasteiger partial charge in [0.25, 0.3) is 11.5 Å². The minimum Gasteiger partial charge on any atom is -0.352 e. The second-order valence-corrected chi connectivity index (χ2v) is 6.45. The average Bonchev–Trinajstić information content (AvgIpc) is 2.36. The number of unbranched alkanes of at least 4 members (excludes halogenated alkanes) is 1. The van der Waals surface area contributed by atoms with Crippen LogP contribution in [-0.4, -0.2) is 23.2 Å². The van der Waals surface area contributed by atoms with E-state index in [0.717, 1.165) is 12.8 Å². The number of H-pyrrole nitrogens is 1. The van der Waals surface area contributed by atoms with Gasteiger partial charge < -0.3 is 10.3 Å². The summed E-state index contributed by atoms with van der Waals surface area (Å²) in [6, 6.07) is 1.45. The Bertz CT molecular complexity index is 629. The van der Waals surface area contributed by atoms with Crippen molar-refractivity contribution in [3.8, 4) is 0 Å². The highest BCUT2D eigenvalue weighted by molar-refractivity contribution is 6.02. The Hall–Kier alpha value is -1.91. The average molecular weight is 290 g/mol. The zero-order chi connectivity index (χ0) is 15.6. The Balaban J connectivity index is 2.31. The Morgan fingerprint density at radius 2 is 2.05 bits per heavy atom. The number of hydrogen-bond donors (Lipinski definition) is 2. The summed E-state index contributed by atoms with van der Waals surface area (Å²) >= 11 is 0. The summed E-state index contributed by atoms with van der Waals surface area (Å²) < 4.78 is 0. The van der Waals surface area contributed by atoms with E-state index in [9.17, 15) is 14.4 Å². The van der Waals surface area contributed by atoms with Crippen molar-refractivity contribution in [1.82, 2.24) is 10.3 Å². The summed E-state index contributed by atoms with van der Waals surface area (Å²) in [4.78, 5) is 39.0. The van der Waals surface area contributed by atoms with E-state index in [1.165, 1.54) is 6.07 Å². The molecule has 5 nitrogen and oxygen atoms in total. The van der Waals surface area contributed by atoms with Crippen LogP contribution in [0.4, 0.5) is 0 Å². The molecule has 0 atom stereocenters. The highest BCUT2D eigenvalue weighted by atomic mass is 16.2. The van der Waals surface area contributed by atoms with Gasteiger partial charge in [0.1, 0.15) is 5.56 Å². The van der Waals surface area contributed by atoms with Crippen LogP contribution in [0.5, 0.6) is 0 Å². The number of nitrogens with one attached hydrogen (secondary N) is 2. The van der Waals surface area contributed by atoms with Gasteiger partial charge in [-0.15, -0.1) is 0 Å². The summed E-state index contributed by atoms with van der Waals surface area (Å²) in [5, 5.41) is 2.71. The molecule has 114 valence electrons. The minimum atomic E-state index is -0.423. The van der Waals surface area contributed by atoms with Crippen LogP contribution in [-0.2, 0) is 6.42 Å². The normalized spacial score (nSPS) is 16.4. The molecule has 1 aromatic heterocycles. The van der Waals surface area contributed by atoms with E-state index >= 15 is 0 Å². The first kappa shape index (κ1) is 15.5. The van der Waals surface area contributed by atoms with Crippen LogP contribution in [0, 0.1) is 5.41 Å². The third-order valence-electron chi connectivity index (χ3n) is 3.78. The fourth-order valence-corrected chi connectivity index (χ4v) is 2.67. The summed E-state index contributed by atoms with van der Waals surface area (Å²) in [6.45, 7) is 6.56. The molecule has 0 aliphatic heterocycles. The van der Waals surface area contributed by atoms with Crippen molar-refractivity contribution >= 4 is 11.7 Å². The van der Waals surface area contributed by atoms with Crippen LogP contribution in [0.3, 0.4) is 0 Å². The zero-order valence-corrected chi connectivity index (χ0v) is 12.8. The number of fused-ring (bicyclic) bond motifs is 1. The van der Waals surface area contributed by atoms with Crippen LogP contribution in [0.1, 0.15) is 66.4 Å². The van der Waals surface area contributed by atoms with Gasteiger partial charge in [-0.1, -0.05) is 27.2 Å². The molecule has 0 saturated heterocycles. The smallest absolute Gasteiger partial charge is 0.261 e. The second kappa shape index (κ2) is 5.84. The lowest BCUT2D eigenvalue weighted by atomic mass is 9.75. The number of Topliss-reactive ketones (excluding diaryl/α,β-unsaturated/α-hetero) is 1. The number of carbonyl (C=O) groups excluding carboxylic acids is 2. The Kier molecular flexibility index (Phi) is 4.30. The predicted octanol–water partition coefficient (Wildman–Crippen LogP) is 2.06. The molecule has 0 aromatic carbocycles. The van der Waals surface area contributed by atoms with E-state index in [1.807, 2.05) is 20.8 Å². The number of carbonyl (C=O) groups is 2. The standard InChI is InChI=1S/C16H22N2O3/c1-4-5-6-17-14(20)11-7-10-12(18-15(11)21)8-16(2,3)9-13(10)19/h7H,4-6,8-9H2,1-3H3,(H,17,20)(H,18,21). The van der Waals surface area contributed by atoms with Gasteiger partial charge in [-0.25, -0.2) is 0 Å². The second-order valence-electron chi connectivity index (χ2n) is 6.45. The molecule has 1 aliphatic carbocycles. The van der Waals surface area contributed by atoms with Gasteiger partial charge in [0.05, 0.1) is 0 Å². The molecule has 0 fully saturated rings. The van der Waals surface area contributed by atoms with Crippen molar-refractivity contribution in [3.63, 3.8) is 0 Å². The van der Waals surface area contributed by atoms with E-state index in [2.05, 4.69) is 10.3 Å². The lowest BCUT2D eigenvalue weighted by Gasteiger charge is -2.29. The van der Waals surface area contributed by atoms with Crippen molar-refractivity contribution in [2.24, 2.45) is 5.41 Å². The fraction of sp³-hybridized carbons (Fsp3) is 0.562.